The number of rotatable bonds is 11. The Morgan fingerprint density at radius 1 is 1.12 bits per heavy atom. The van der Waals surface area contributed by atoms with Gasteiger partial charge in [-0.15, -0.1) is 0 Å². The summed E-state index contributed by atoms with van der Waals surface area (Å²) < 4.78 is 38.9. The highest BCUT2D eigenvalue weighted by Crippen LogP contribution is 2.21. The summed E-state index contributed by atoms with van der Waals surface area (Å²) in [5.74, 6) is -0.297. The van der Waals surface area contributed by atoms with Crippen molar-refractivity contribution in [2.24, 2.45) is 0 Å². The van der Waals surface area contributed by atoms with E-state index in [0.29, 0.717) is 54.4 Å². The predicted molar refractivity (Wildman–Crippen MR) is 119 cm³/mol. The van der Waals surface area contributed by atoms with E-state index in [1.807, 2.05) is 0 Å². The van der Waals surface area contributed by atoms with Crippen molar-refractivity contribution in [1.82, 2.24) is 9.88 Å². The van der Waals surface area contributed by atoms with E-state index in [2.05, 4.69) is 4.98 Å². The fourth-order valence-corrected chi connectivity index (χ4v) is 3.79. The first kappa shape index (κ1) is 25.4. The van der Waals surface area contributed by atoms with Crippen LogP contribution in [-0.4, -0.2) is 77.0 Å². The highest BCUT2D eigenvalue weighted by Gasteiger charge is 2.24. The molecule has 2 rings (SSSR count). The summed E-state index contributed by atoms with van der Waals surface area (Å²) in [7, 11) is -0.121. The van der Waals surface area contributed by atoms with E-state index in [0.717, 1.165) is 6.26 Å². The van der Waals surface area contributed by atoms with Crippen LogP contribution in [0.3, 0.4) is 0 Å². The van der Waals surface area contributed by atoms with Crippen LogP contribution in [0.4, 0.5) is 0 Å². The Morgan fingerprint density at radius 2 is 1.84 bits per heavy atom. The molecule has 0 unspecified atom stereocenters. The highest BCUT2D eigenvalue weighted by atomic mass is 32.2. The van der Waals surface area contributed by atoms with Crippen LogP contribution in [0.15, 0.2) is 29.2 Å². The molecule has 0 fully saturated rings. The first-order valence-electron chi connectivity index (χ1n) is 10.1. The van der Waals surface area contributed by atoms with Gasteiger partial charge in [0.2, 0.25) is 0 Å². The lowest BCUT2D eigenvalue weighted by Gasteiger charge is -2.17. The second-order valence-electron chi connectivity index (χ2n) is 7.43. The molecule has 0 radical (unpaired) electrons. The Hall–Kier alpha value is -2.85. The van der Waals surface area contributed by atoms with Gasteiger partial charge in [-0.05, 0) is 44.0 Å². The summed E-state index contributed by atoms with van der Waals surface area (Å²) in [6.45, 7) is 4.57. The SMILES string of the molecule is COCCOC(=O)c1c(C)[nH]c(C(=O)N(C)CCCOc2cccc(S(C)(=O)=O)c2)c1C. The molecule has 1 amide bonds. The number of carbonyl (C=O) groups excluding carboxylic acids is 2. The normalized spacial score (nSPS) is 11.3. The standard InChI is InChI=1S/C22H30N2O7S/c1-15-19(22(26)31-13-12-29-4)16(2)23-20(15)21(25)24(3)10-7-11-30-17-8-6-9-18(14-17)32(5,27)28/h6,8-9,14,23H,7,10-13H2,1-5H3. The van der Waals surface area contributed by atoms with Crippen LogP contribution in [-0.2, 0) is 19.3 Å². The molecule has 2 aromatic rings. The van der Waals surface area contributed by atoms with Crippen molar-refractivity contribution in [2.45, 2.75) is 25.2 Å². The summed E-state index contributed by atoms with van der Waals surface area (Å²) in [6, 6.07) is 6.29. The van der Waals surface area contributed by atoms with Crippen molar-refractivity contribution < 1.29 is 32.2 Å². The Labute approximate surface area is 188 Å². The largest absolute Gasteiger partial charge is 0.493 e. The first-order valence-corrected chi connectivity index (χ1v) is 12.0. The number of benzene rings is 1. The molecule has 0 saturated heterocycles. The Bertz CT molecular complexity index is 1060. The molecule has 0 aliphatic carbocycles. The minimum atomic E-state index is -3.31. The van der Waals surface area contributed by atoms with E-state index in [9.17, 15) is 18.0 Å². The number of hydrogen-bond donors (Lipinski definition) is 1. The van der Waals surface area contributed by atoms with Crippen molar-refractivity contribution in [1.29, 1.82) is 0 Å². The molecule has 176 valence electrons. The zero-order valence-electron chi connectivity index (χ0n) is 19.1. The zero-order chi connectivity index (χ0) is 23.9. The molecule has 1 aromatic carbocycles. The zero-order valence-corrected chi connectivity index (χ0v) is 19.9. The van der Waals surface area contributed by atoms with Gasteiger partial charge in [0.25, 0.3) is 5.91 Å². The molecule has 1 heterocycles. The minimum absolute atomic E-state index is 0.135. The van der Waals surface area contributed by atoms with Crippen molar-refractivity contribution in [3.63, 3.8) is 0 Å². The average molecular weight is 467 g/mol. The summed E-state index contributed by atoms with van der Waals surface area (Å²) in [6.07, 6.45) is 1.68. The predicted octanol–water partition coefficient (Wildman–Crippen LogP) is 2.38. The maximum Gasteiger partial charge on any atom is 0.340 e. The maximum absolute atomic E-state index is 12.8. The number of nitrogens with zero attached hydrogens (tertiary/aromatic N) is 1. The minimum Gasteiger partial charge on any atom is -0.493 e. The number of carbonyl (C=O) groups is 2. The van der Waals surface area contributed by atoms with Crippen LogP contribution in [0, 0.1) is 13.8 Å². The Kier molecular flexibility index (Phi) is 8.85. The molecule has 0 aliphatic rings. The van der Waals surface area contributed by atoms with Crippen LogP contribution in [0.2, 0.25) is 0 Å². The van der Waals surface area contributed by atoms with Gasteiger partial charge in [-0.3, -0.25) is 4.79 Å². The molecule has 0 bridgehead atoms. The fraction of sp³-hybridized carbons (Fsp3) is 0.455. The van der Waals surface area contributed by atoms with E-state index in [1.165, 1.54) is 24.1 Å². The number of amides is 1. The number of methoxy groups -OCH3 is 1. The summed E-state index contributed by atoms with van der Waals surface area (Å²) in [4.78, 5) is 29.9. The smallest absolute Gasteiger partial charge is 0.340 e. The van der Waals surface area contributed by atoms with Crippen LogP contribution in [0.1, 0.15) is 38.5 Å². The lowest BCUT2D eigenvalue weighted by atomic mass is 10.1. The second-order valence-corrected chi connectivity index (χ2v) is 9.45. The van der Waals surface area contributed by atoms with Crippen molar-refractivity contribution in [3.8, 4) is 5.75 Å². The number of sulfone groups is 1. The third-order valence-electron chi connectivity index (χ3n) is 4.86. The summed E-state index contributed by atoms with van der Waals surface area (Å²) in [5.41, 5.74) is 1.80. The number of aromatic amines is 1. The second kappa shape index (κ2) is 11.1. The van der Waals surface area contributed by atoms with Crippen molar-refractivity contribution in [2.75, 3.05) is 46.8 Å². The number of aryl methyl sites for hydroxylation is 1. The van der Waals surface area contributed by atoms with Crippen LogP contribution in [0.5, 0.6) is 5.75 Å². The molecule has 1 aromatic heterocycles. The third kappa shape index (κ3) is 6.57. The summed E-state index contributed by atoms with van der Waals surface area (Å²) in [5, 5.41) is 0. The van der Waals surface area contributed by atoms with E-state index in [1.54, 1.807) is 33.0 Å². The molecule has 9 nitrogen and oxygen atoms in total. The highest BCUT2D eigenvalue weighted by molar-refractivity contribution is 7.90. The maximum atomic E-state index is 12.8. The monoisotopic (exact) mass is 466 g/mol. The van der Waals surface area contributed by atoms with Crippen molar-refractivity contribution in [3.05, 3.63) is 46.8 Å². The Morgan fingerprint density at radius 3 is 2.50 bits per heavy atom. The topological polar surface area (TPSA) is 115 Å². The number of nitrogens with one attached hydrogen (secondary N) is 1. The van der Waals surface area contributed by atoms with E-state index in [-0.39, 0.29) is 17.4 Å². The van der Waals surface area contributed by atoms with E-state index in [4.69, 9.17) is 14.2 Å². The van der Waals surface area contributed by atoms with Gasteiger partial charge in [0.15, 0.2) is 9.84 Å². The number of ether oxygens (including phenoxy) is 3. The molecule has 10 heteroatoms. The van der Waals surface area contributed by atoms with Crippen LogP contribution in [0.25, 0.3) is 0 Å². The van der Waals surface area contributed by atoms with Gasteiger partial charge < -0.3 is 24.1 Å². The number of H-pyrrole nitrogens is 1. The molecular weight excluding hydrogens is 436 g/mol. The lowest BCUT2D eigenvalue weighted by molar-refractivity contribution is 0.0386. The van der Waals surface area contributed by atoms with Crippen LogP contribution < -0.4 is 4.74 Å². The quantitative estimate of drug-likeness (QED) is 0.399. The van der Waals surface area contributed by atoms with Crippen molar-refractivity contribution >= 4 is 21.7 Å². The van der Waals surface area contributed by atoms with E-state index < -0.39 is 15.8 Å². The van der Waals surface area contributed by atoms with Gasteiger partial charge >= 0.3 is 5.97 Å². The molecule has 0 atom stereocenters. The number of esters is 1. The molecule has 1 N–H and O–H groups in total. The van der Waals surface area contributed by atoms with Gasteiger partial charge in [-0.2, -0.15) is 0 Å². The fourth-order valence-electron chi connectivity index (χ4n) is 3.14. The number of aromatic nitrogens is 1. The molecule has 0 spiro atoms. The number of hydrogen-bond acceptors (Lipinski definition) is 7. The molecule has 32 heavy (non-hydrogen) atoms. The summed E-state index contributed by atoms with van der Waals surface area (Å²) >= 11 is 0. The van der Waals surface area contributed by atoms with Crippen LogP contribution >= 0.6 is 0 Å². The molecular formula is C22H30N2O7S. The van der Waals surface area contributed by atoms with Gasteiger partial charge in [0.1, 0.15) is 18.1 Å². The molecule has 0 saturated carbocycles. The third-order valence-corrected chi connectivity index (χ3v) is 5.97. The lowest BCUT2D eigenvalue weighted by Crippen LogP contribution is -2.29. The first-order chi connectivity index (χ1) is 15.1. The Balaban J connectivity index is 1.93. The average Bonchev–Trinajstić information content (AvgIpc) is 3.04. The van der Waals surface area contributed by atoms with E-state index >= 15 is 0 Å². The van der Waals surface area contributed by atoms with Gasteiger partial charge in [0, 0.05) is 32.7 Å². The molecule has 0 aliphatic heterocycles. The van der Waals surface area contributed by atoms with Gasteiger partial charge in [-0.1, -0.05) is 6.07 Å². The van der Waals surface area contributed by atoms with Gasteiger partial charge in [-0.25, -0.2) is 13.2 Å². The van der Waals surface area contributed by atoms with Gasteiger partial charge in [0.05, 0.1) is 23.7 Å².